The summed E-state index contributed by atoms with van der Waals surface area (Å²) in [5.74, 6) is 0. The third-order valence-corrected chi connectivity index (χ3v) is 4.36. The smallest absolute Gasteiger partial charge is 0.0633 e. The summed E-state index contributed by atoms with van der Waals surface area (Å²) in [5.41, 5.74) is 0. The van der Waals surface area contributed by atoms with Crippen molar-refractivity contribution in [1.29, 1.82) is 0 Å². The Balaban J connectivity index is 3.09. The second-order valence-corrected chi connectivity index (χ2v) is 10.7. The molecule has 0 nitrogen and oxygen atoms in total. The van der Waals surface area contributed by atoms with E-state index >= 15 is 0 Å². The number of hydrogen-bond donors (Lipinski definition) is 0. The van der Waals surface area contributed by atoms with E-state index in [0.29, 0.717) is 0 Å². The first-order valence-corrected chi connectivity index (χ1v) is 8.16. The molecule has 0 spiro atoms. The van der Waals surface area contributed by atoms with Crippen molar-refractivity contribution in [2.24, 2.45) is 0 Å². The Morgan fingerprint density at radius 2 is 1.64 bits per heavy atom. The lowest BCUT2D eigenvalue weighted by atomic mass is 10.4. The van der Waals surface area contributed by atoms with E-state index in [2.05, 4.69) is 15.9 Å². The molecule has 0 heterocycles. The molecule has 60 valence electrons. The van der Waals surface area contributed by atoms with Crippen LogP contribution in [0.4, 0.5) is 0 Å². The minimum absolute atomic E-state index is 0.832. The third kappa shape index (κ3) is 3.04. The molecule has 0 atom stereocenters. The Hall–Kier alpha value is 0.930. The predicted molar refractivity (Wildman–Crippen MR) is 59.8 cm³/mol. The van der Waals surface area contributed by atoms with E-state index < -0.39 is 4.74 Å². The number of halogens is 3. The molecule has 1 aromatic rings. The van der Waals surface area contributed by atoms with Gasteiger partial charge >= 0.3 is 0 Å². The van der Waals surface area contributed by atoms with Gasteiger partial charge in [-0.25, -0.2) is 0 Å². The Morgan fingerprint density at radius 3 is 2.00 bits per heavy atom. The molecule has 0 aliphatic rings. The van der Waals surface area contributed by atoms with Gasteiger partial charge in [-0.15, -0.1) is 0 Å². The van der Waals surface area contributed by atoms with Crippen molar-refractivity contribution in [3.63, 3.8) is 0 Å². The summed E-state index contributed by atoms with van der Waals surface area (Å²) < 4.78 is -1.28. The lowest BCUT2D eigenvalue weighted by molar-refractivity contribution is 1.70. The standard InChI is InChI=1S/C6H4BrCl2PS/c7-5-1-3-6(4-2-5)10(8,9)11/h1-4H. The van der Waals surface area contributed by atoms with Gasteiger partial charge in [0.25, 0.3) is 0 Å². The van der Waals surface area contributed by atoms with Gasteiger partial charge in [-0.3, -0.25) is 0 Å². The van der Waals surface area contributed by atoms with Crippen LogP contribution in [0.5, 0.6) is 0 Å². The first-order chi connectivity index (χ1) is 5.00. The summed E-state index contributed by atoms with van der Waals surface area (Å²) in [6.07, 6.45) is 0. The summed E-state index contributed by atoms with van der Waals surface area (Å²) in [6, 6.07) is 7.43. The summed E-state index contributed by atoms with van der Waals surface area (Å²) in [4.78, 5) is 0. The van der Waals surface area contributed by atoms with Crippen LogP contribution in [0.15, 0.2) is 28.7 Å². The van der Waals surface area contributed by atoms with Crippen molar-refractivity contribution in [2.75, 3.05) is 0 Å². The summed E-state index contributed by atoms with van der Waals surface area (Å²) in [7, 11) is 0. The Labute approximate surface area is 88.6 Å². The fraction of sp³-hybridized carbons (Fsp3) is 0. The lowest BCUT2D eigenvalue weighted by Gasteiger charge is -2.03. The van der Waals surface area contributed by atoms with Crippen LogP contribution in [0, 0.1) is 0 Å². The van der Waals surface area contributed by atoms with Crippen LogP contribution in [-0.4, -0.2) is 0 Å². The van der Waals surface area contributed by atoms with E-state index in [1.54, 1.807) is 0 Å². The highest BCUT2D eigenvalue weighted by molar-refractivity contribution is 9.10. The Bertz CT molecular complexity index is 292. The molecule has 0 saturated carbocycles. The molecule has 0 saturated heterocycles. The monoisotopic (exact) mass is 288 g/mol. The minimum Gasteiger partial charge on any atom is -0.0633 e. The van der Waals surface area contributed by atoms with E-state index in [9.17, 15) is 0 Å². The third-order valence-electron chi connectivity index (χ3n) is 1.13. The average Bonchev–Trinajstić information content (AvgIpc) is 1.86. The van der Waals surface area contributed by atoms with Crippen LogP contribution in [0.1, 0.15) is 0 Å². The van der Waals surface area contributed by atoms with Crippen molar-refractivity contribution in [2.45, 2.75) is 0 Å². The van der Waals surface area contributed by atoms with Crippen LogP contribution in [0.2, 0.25) is 0 Å². The average molecular weight is 290 g/mol. The molecule has 0 bridgehead atoms. The topological polar surface area (TPSA) is 0 Å². The molecule has 0 aliphatic carbocycles. The molecule has 0 radical (unpaired) electrons. The second kappa shape index (κ2) is 3.76. The zero-order chi connectivity index (χ0) is 8.48. The molecule has 0 amide bonds. The second-order valence-electron chi connectivity index (χ2n) is 1.94. The molecule has 0 N–H and O–H groups in total. The van der Waals surface area contributed by atoms with Crippen LogP contribution in [-0.2, 0) is 11.8 Å². The maximum absolute atomic E-state index is 5.79. The van der Waals surface area contributed by atoms with Gasteiger partial charge < -0.3 is 0 Å². The maximum atomic E-state index is 5.79. The first-order valence-electron chi connectivity index (χ1n) is 2.75. The molecule has 0 fully saturated rings. The molecular formula is C6H4BrCl2PS. The maximum Gasteiger partial charge on any atom is 0.147 e. The van der Waals surface area contributed by atoms with Crippen molar-refractivity contribution in [3.8, 4) is 0 Å². The van der Waals surface area contributed by atoms with Gasteiger partial charge in [0, 0.05) is 9.78 Å². The van der Waals surface area contributed by atoms with Gasteiger partial charge in [0.05, 0.1) is 0 Å². The molecule has 0 aromatic heterocycles. The zero-order valence-corrected chi connectivity index (χ0v) is 10.1. The Kier molecular flexibility index (Phi) is 3.42. The van der Waals surface area contributed by atoms with Crippen LogP contribution in [0.25, 0.3) is 0 Å². The van der Waals surface area contributed by atoms with E-state index in [-0.39, 0.29) is 0 Å². The molecular weight excluding hydrogens is 286 g/mol. The fourth-order valence-electron chi connectivity index (χ4n) is 0.615. The van der Waals surface area contributed by atoms with Gasteiger partial charge in [0.2, 0.25) is 0 Å². The molecule has 1 aromatic carbocycles. The number of hydrogen-bond acceptors (Lipinski definition) is 1. The zero-order valence-electron chi connectivity index (χ0n) is 5.30. The fourth-order valence-corrected chi connectivity index (χ4v) is 2.42. The van der Waals surface area contributed by atoms with E-state index in [0.717, 1.165) is 9.78 Å². The largest absolute Gasteiger partial charge is 0.147 e. The normalized spacial score (nSPS) is 11.5. The summed E-state index contributed by atoms with van der Waals surface area (Å²) in [5, 5.41) is 0.832. The van der Waals surface area contributed by atoms with E-state index in [1.165, 1.54) is 0 Å². The van der Waals surface area contributed by atoms with E-state index in [4.69, 9.17) is 34.3 Å². The van der Waals surface area contributed by atoms with Gasteiger partial charge in [-0.1, -0.05) is 62.4 Å². The van der Waals surface area contributed by atoms with Crippen LogP contribution >= 0.6 is 43.2 Å². The van der Waals surface area contributed by atoms with Crippen molar-refractivity contribution in [1.82, 2.24) is 0 Å². The van der Waals surface area contributed by atoms with Gasteiger partial charge in [-0.2, -0.15) is 0 Å². The predicted octanol–water partition coefficient (Wildman–Crippen LogP) is 3.86. The van der Waals surface area contributed by atoms with Crippen LogP contribution in [0.3, 0.4) is 0 Å². The molecule has 0 unspecified atom stereocenters. The number of benzene rings is 1. The van der Waals surface area contributed by atoms with Gasteiger partial charge in [0.1, 0.15) is 4.74 Å². The van der Waals surface area contributed by atoms with E-state index in [1.807, 2.05) is 24.3 Å². The number of rotatable bonds is 1. The van der Waals surface area contributed by atoms with Crippen molar-refractivity contribution in [3.05, 3.63) is 28.7 Å². The van der Waals surface area contributed by atoms with Crippen LogP contribution < -0.4 is 5.30 Å². The highest BCUT2D eigenvalue weighted by Crippen LogP contribution is 2.55. The van der Waals surface area contributed by atoms with Crippen molar-refractivity contribution < 1.29 is 0 Å². The molecule has 11 heavy (non-hydrogen) atoms. The molecule has 1 rings (SSSR count). The van der Waals surface area contributed by atoms with Gasteiger partial charge in [-0.05, 0) is 12.1 Å². The van der Waals surface area contributed by atoms with Gasteiger partial charge in [0.15, 0.2) is 0 Å². The Morgan fingerprint density at radius 1 is 1.18 bits per heavy atom. The lowest BCUT2D eigenvalue weighted by Crippen LogP contribution is -1.94. The summed E-state index contributed by atoms with van der Waals surface area (Å²) in [6.45, 7) is 0. The van der Waals surface area contributed by atoms with Crippen molar-refractivity contribution >= 4 is 60.3 Å². The molecule has 5 heteroatoms. The molecule has 0 aliphatic heterocycles. The highest BCUT2D eigenvalue weighted by Gasteiger charge is 2.10. The SMILES string of the molecule is S=P(Cl)(Cl)c1ccc(Br)cc1. The quantitative estimate of drug-likeness (QED) is 0.708. The summed E-state index contributed by atoms with van der Waals surface area (Å²) >= 11 is 19.8. The first kappa shape index (κ1) is 10.0. The minimum atomic E-state index is -2.28. The highest BCUT2D eigenvalue weighted by atomic mass is 79.9.